The molecule has 0 fully saturated rings. The molecular formula is C14H8Cl2N2S. The number of hydrogen-bond acceptors (Lipinski definition) is 3. The number of hydrogen-bond donors (Lipinski definition) is 0. The van der Waals surface area contributed by atoms with E-state index in [9.17, 15) is 0 Å². The molecule has 3 rings (SSSR count). The average molecular weight is 307 g/mol. The fraction of sp³-hybridized carbons (Fsp3) is 0. The summed E-state index contributed by atoms with van der Waals surface area (Å²) in [6.07, 6.45) is 0. The highest BCUT2D eigenvalue weighted by Gasteiger charge is 2.09. The first-order chi connectivity index (χ1) is 9.22. The first-order valence-corrected chi connectivity index (χ1v) is 7.11. The summed E-state index contributed by atoms with van der Waals surface area (Å²) in [6, 6.07) is 15.1. The molecule has 0 amide bonds. The maximum Gasteiger partial charge on any atom is 0.173 e. The minimum Gasteiger partial charge on any atom is -0.215 e. The second kappa shape index (κ2) is 5.29. The topological polar surface area (TPSA) is 25.8 Å². The van der Waals surface area contributed by atoms with Crippen LogP contribution in [0.1, 0.15) is 0 Å². The minimum atomic E-state index is 0.677. The summed E-state index contributed by atoms with van der Waals surface area (Å²) in [4.78, 5) is 4.52. The molecule has 2 aromatic carbocycles. The van der Waals surface area contributed by atoms with Crippen LogP contribution in [0.2, 0.25) is 10.0 Å². The zero-order valence-electron chi connectivity index (χ0n) is 9.68. The van der Waals surface area contributed by atoms with Crippen molar-refractivity contribution in [2.24, 2.45) is 0 Å². The van der Waals surface area contributed by atoms with Crippen LogP contribution in [-0.4, -0.2) is 9.36 Å². The fourth-order valence-corrected chi connectivity index (χ4v) is 2.77. The molecule has 19 heavy (non-hydrogen) atoms. The van der Waals surface area contributed by atoms with Crippen LogP contribution in [0.25, 0.3) is 22.0 Å². The van der Waals surface area contributed by atoms with E-state index in [0.29, 0.717) is 15.9 Å². The van der Waals surface area contributed by atoms with E-state index in [2.05, 4.69) is 9.36 Å². The van der Waals surface area contributed by atoms with Gasteiger partial charge in [0.25, 0.3) is 0 Å². The van der Waals surface area contributed by atoms with E-state index >= 15 is 0 Å². The van der Waals surface area contributed by atoms with E-state index in [1.54, 1.807) is 0 Å². The van der Waals surface area contributed by atoms with Crippen LogP contribution < -0.4 is 0 Å². The van der Waals surface area contributed by atoms with Gasteiger partial charge in [0.2, 0.25) is 0 Å². The van der Waals surface area contributed by atoms with Crippen LogP contribution in [0, 0.1) is 0 Å². The largest absolute Gasteiger partial charge is 0.215 e. The van der Waals surface area contributed by atoms with E-state index in [0.717, 1.165) is 16.1 Å². The van der Waals surface area contributed by atoms with E-state index in [-0.39, 0.29) is 0 Å². The SMILES string of the molecule is Clc1cccc(-c2nsc(-c3cccc(Cl)c3)n2)c1. The maximum atomic E-state index is 5.98. The Hall–Kier alpha value is -1.42. The van der Waals surface area contributed by atoms with Crippen molar-refractivity contribution in [3.63, 3.8) is 0 Å². The van der Waals surface area contributed by atoms with Crippen LogP contribution in [0.5, 0.6) is 0 Å². The Kier molecular flexibility index (Phi) is 3.51. The van der Waals surface area contributed by atoms with Crippen LogP contribution in [0.3, 0.4) is 0 Å². The molecule has 1 heterocycles. The second-order valence-electron chi connectivity index (χ2n) is 3.94. The lowest BCUT2D eigenvalue weighted by atomic mass is 10.2. The van der Waals surface area contributed by atoms with Crippen molar-refractivity contribution < 1.29 is 0 Å². The highest BCUT2D eigenvalue weighted by Crippen LogP contribution is 2.28. The van der Waals surface area contributed by atoms with Crippen LogP contribution >= 0.6 is 34.7 Å². The summed E-state index contributed by atoms with van der Waals surface area (Å²) < 4.78 is 4.36. The number of aromatic nitrogens is 2. The zero-order valence-corrected chi connectivity index (χ0v) is 12.0. The van der Waals surface area contributed by atoms with E-state index < -0.39 is 0 Å². The van der Waals surface area contributed by atoms with E-state index in [1.807, 2.05) is 48.5 Å². The van der Waals surface area contributed by atoms with Crippen molar-refractivity contribution in [3.8, 4) is 22.0 Å². The quantitative estimate of drug-likeness (QED) is 0.652. The molecule has 0 unspecified atom stereocenters. The lowest BCUT2D eigenvalue weighted by Gasteiger charge is -1.96. The zero-order chi connectivity index (χ0) is 13.2. The van der Waals surface area contributed by atoms with Gasteiger partial charge in [-0.2, -0.15) is 4.37 Å². The molecule has 0 N–H and O–H groups in total. The maximum absolute atomic E-state index is 5.98. The van der Waals surface area contributed by atoms with Crippen LogP contribution in [-0.2, 0) is 0 Å². The number of halogens is 2. The van der Waals surface area contributed by atoms with Gasteiger partial charge < -0.3 is 0 Å². The molecule has 0 radical (unpaired) electrons. The van der Waals surface area contributed by atoms with Gasteiger partial charge in [0, 0.05) is 21.2 Å². The Morgan fingerprint density at radius 2 is 1.47 bits per heavy atom. The third-order valence-corrected chi connectivity index (χ3v) is 3.81. The van der Waals surface area contributed by atoms with Crippen molar-refractivity contribution in [1.82, 2.24) is 9.36 Å². The molecule has 0 spiro atoms. The molecule has 0 aliphatic heterocycles. The summed E-state index contributed by atoms with van der Waals surface area (Å²) in [5.74, 6) is 0.683. The Labute approximate surface area is 124 Å². The first kappa shape index (κ1) is 12.6. The monoisotopic (exact) mass is 306 g/mol. The summed E-state index contributed by atoms with van der Waals surface area (Å²) in [5.41, 5.74) is 1.88. The lowest BCUT2D eigenvalue weighted by Crippen LogP contribution is -1.81. The molecule has 5 heteroatoms. The predicted molar refractivity (Wildman–Crippen MR) is 80.8 cm³/mol. The van der Waals surface area contributed by atoms with E-state index in [1.165, 1.54) is 11.5 Å². The highest BCUT2D eigenvalue weighted by molar-refractivity contribution is 7.09. The number of rotatable bonds is 2. The smallest absolute Gasteiger partial charge is 0.173 e. The molecule has 2 nitrogen and oxygen atoms in total. The highest BCUT2D eigenvalue weighted by atomic mass is 35.5. The molecule has 0 saturated carbocycles. The standard InChI is InChI=1S/C14H8Cl2N2S/c15-11-5-1-3-9(7-11)13-17-14(19-18-13)10-4-2-6-12(16)8-10/h1-8H. The molecule has 0 aliphatic carbocycles. The van der Waals surface area contributed by atoms with E-state index in [4.69, 9.17) is 23.2 Å². The second-order valence-corrected chi connectivity index (χ2v) is 5.57. The van der Waals surface area contributed by atoms with Crippen LogP contribution in [0.15, 0.2) is 48.5 Å². The van der Waals surface area contributed by atoms with Crippen LogP contribution in [0.4, 0.5) is 0 Å². The molecule has 1 aromatic heterocycles. The normalized spacial score (nSPS) is 10.6. The molecule has 0 bridgehead atoms. The fourth-order valence-electron chi connectivity index (χ4n) is 1.71. The van der Waals surface area contributed by atoms with Crippen molar-refractivity contribution in [2.75, 3.05) is 0 Å². The van der Waals surface area contributed by atoms with Gasteiger partial charge >= 0.3 is 0 Å². The van der Waals surface area contributed by atoms with Crippen molar-refractivity contribution in [2.45, 2.75) is 0 Å². The van der Waals surface area contributed by atoms with Gasteiger partial charge in [0.15, 0.2) is 5.82 Å². The predicted octanol–water partition coefficient (Wildman–Crippen LogP) is 5.18. The molecule has 3 aromatic rings. The summed E-state index contributed by atoms with van der Waals surface area (Å²) in [7, 11) is 0. The van der Waals surface area contributed by atoms with Gasteiger partial charge in [0.05, 0.1) is 0 Å². The molecule has 0 saturated heterocycles. The Morgan fingerprint density at radius 1 is 0.842 bits per heavy atom. The number of benzene rings is 2. The van der Waals surface area contributed by atoms with Gasteiger partial charge in [-0.25, -0.2) is 4.98 Å². The van der Waals surface area contributed by atoms with Crippen molar-refractivity contribution >= 4 is 34.7 Å². The minimum absolute atomic E-state index is 0.677. The number of nitrogens with zero attached hydrogens (tertiary/aromatic N) is 2. The molecular weight excluding hydrogens is 299 g/mol. The Balaban J connectivity index is 2.00. The summed E-state index contributed by atoms with van der Waals surface area (Å²) in [6.45, 7) is 0. The van der Waals surface area contributed by atoms with Gasteiger partial charge in [-0.15, -0.1) is 0 Å². The first-order valence-electron chi connectivity index (χ1n) is 5.58. The van der Waals surface area contributed by atoms with Gasteiger partial charge in [-0.05, 0) is 35.8 Å². The van der Waals surface area contributed by atoms with Crippen molar-refractivity contribution in [1.29, 1.82) is 0 Å². The molecule has 0 atom stereocenters. The summed E-state index contributed by atoms with van der Waals surface area (Å²) >= 11 is 13.3. The molecule has 0 aliphatic rings. The van der Waals surface area contributed by atoms with Gasteiger partial charge in [-0.1, -0.05) is 47.5 Å². The van der Waals surface area contributed by atoms with Gasteiger partial charge in [-0.3, -0.25) is 0 Å². The molecule has 94 valence electrons. The third-order valence-electron chi connectivity index (χ3n) is 2.58. The lowest BCUT2D eigenvalue weighted by molar-refractivity contribution is 1.32. The summed E-state index contributed by atoms with van der Waals surface area (Å²) in [5, 5.41) is 2.21. The van der Waals surface area contributed by atoms with Gasteiger partial charge in [0.1, 0.15) is 5.01 Å². The third kappa shape index (κ3) is 2.78. The average Bonchev–Trinajstić information content (AvgIpc) is 2.88. The Bertz CT molecular complexity index is 665. The van der Waals surface area contributed by atoms with Crippen molar-refractivity contribution in [3.05, 3.63) is 58.6 Å². The Morgan fingerprint density at radius 3 is 2.16 bits per heavy atom.